The summed E-state index contributed by atoms with van der Waals surface area (Å²) in [6.07, 6.45) is 3.72. The molecule has 0 bridgehead atoms. The van der Waals surface area contributed by atoms with Gasteiger partial charge in [-0.05, 0) is 42.0 Å². The second kappa shape index (κ2) is 6.08. The molecule has 4 rings (SSSR count). The number of carbonyl (C=O) groups excluding carboxylic acids is 1. The van der Waals surface area contributed by atoms with Gasteiger partial charge >= 0.3 is 0 Å². The number of fused-ring (bicyclic) bond motifs is 1. The van der Waals surface area contributed by atoms with E-state index in [0.717, 1.165) is 29.2 Å². The van der Waals surface area contributed by atoms with Gasteiger partial charge < -0.3 is 15.6 Å². The van der Waals surface area contributed by atoms with Crippen LogP contribution >= 0.6 is 0 Å². The normalized spacial score (nSPS) is 14.5. The maximum atomic E-state index is 12.2. The molecule has 24 heavy (non-hydrogen) atoms. The van der Waals surface area contributed by atoms with Crippen LogP contribution in [0.2, 0.25) is 0 Å². The van der Waals surface area contributed by atoms with Gasteiger partial charge in [-0.2, -0.15) is 0 Å². The molecule has 0 radical (unpaired) electrons. The van der Waals surface area contributed by atoms with Gasteiger partial charge in [0, 0.05) is 35.4 Å². The van der Waals surface area contributed by atoms with Crippen molar-refractivity contribution in [3.8, 4) is 0 Å². The zero-order valence-corrected chi connectivity index (χ0v) is 13.0. The summed E-state index contributed by atoms with van der Waals surface area (Å²) in [4.78, 5) is 15.3. The van der Waals surface area contributed by atoms with Crippen molar-refractivity contribution in [2.75, 3.05) is 10.6 Å². The Morgan fingerprint density at radius 3 is 2.67 bits per heavy atom. The molecule has 0 spiro atoms. The summed E-state index contributed by atoms with van der Waals surface area (Å²) in [6, 6.07) is 20.0. The lowest BCUT2D eigenvalue weighted by Crippen LogP contribution is -2.03. The van der Waals surface area contributed by atoms with Crippen LogP contribution in [0.15, 0.2) is 66.9 Å². The van der Waals surface area contributed by atoms with E-state index in [2.05, 4.69) is 27.8 Å². The lowest BCUT2D eigenvalue weighted by atomic mass is 10.1. The molecule has 4 nitrogen and oxygen atoms in total. The number of benzene rings is 2. The predicted molar refractivity (Wildman–Crippen MR) is 97.5 cm³/mol. The first-order valence-corrected chi connectivity index (χ1v) is 7.88. The molecule has 0 aliphatic carbocycles. The van der Waals surface area contributed by atoms with Crippen LogP contribution in [0, 0.1) is 0 Å². The monoisotopic (exact) mass is 315 g/mol. The Balaban J connectivity index is 1.60. The van der Waals surface area contributed by atoms with Crippen LogP contribution < -0.4 is 10.6 Å². The van der Waals surface area contributed by atoms with E-state index in [9.17, 15) is 4.79 Å². The number of hydrogen-bond acceptors (Lipinski definition) is 2. The number of aromatic nitrogens is 1. The van der Waals surface area contributed by atoms with Gasteiger partial charge in [-0.25, -0.2) is 0 Å². The molecule has 1 aromatic heterocycles. The zero-order chi connectivity index (χ0) is 16.4. The zero-order valence-electron chi connectivity index (χ0n) is 13.0. The average Bonchev–Trinajstić information content (AvgIpc) is 3.23. The van der Waals surface area contributed by atoms with Gasteiger partial charge in [-0.3, -0.25) is 4.79 Å². The van der Waals surface area contributed by atoms with Gasteiger partial charge in [0.1, 0.15) is 0 Å². The number of amides is 1. The fraction of sp³-hybridized carbons (Fsp3) is 0.0500. The van der Waals surface area contributed by atoms with Gasteiger partial charge in [0.25, 0.3) is 5.91 Å². The summed E-state index contributed by atoms with van der Waals surface area (Å²) < 4.78 is 0. The highest BCUT2D eigenvalue weighted by atomic mass is 16.2. The Bertz CT molecular complexity index is 896. The maximum Gasteiger partial charge on any atom is 0.256 e. The van der Waals surface area contributed by atoms with Gasteiger partial charge in [0.15, 0.2) is 0 Å². The van der Waals surface area contributed by atoms with Crippen molar-refractivity contribution in [1.82, 2.24) is 4.98 Å². The third-order valence-electron chi connectivity index (χ3n) is 4.06. The minimum absolute atomic E-state index is 0.0696. The first kappa shape index (κ1) is 14.3. The second-order valence-electron chi connectivity index (χ2n) is 5.74. The van der Waals surface area contributed by atoms with E-state index < -0.39 is 0 Å². The van der Waals surface area contributed by atoms with Crippen molar-refractivity contribution in [3.05, 3.63) is 83.7 Å². The van der Waals surface area contributed by atoms with Gasteiger partial charge in [-0.1, -0.05) is 30.3 Å². The highest BCUT2D eigenvalue weighted by molar-refractivity contribution is 6.35. The molecule has 3 aromatic rings. The number of aromatic amines is 1. The van der Waals surface area contributed by atoms with Crippen LogP contribution in [-0.4, -0.2) is 10.9 Å². The standard InChI is InChI=1S/C20H17N3O/c24-20-18(12-15-7-4-10-21-15)17-11-16(8-9-19(17)23-20)22-13-14-5-2-1-3-6-14/h1-12,21-22H,13H2,(H,23,24). The molecule has 2 heterocycles. The third-order valence-corrected chi connectivity index (χ3v) is 4.06. The van der Waals surface area contributed by atoms with Crippen molar-refractivity contribution >= 4 is 28.9 Å². The van der Waals surface area contributed by atoms with Crippen molar-refractivity contribution in [2.24, 2.45) is 0 Å². The third kappa shape index (κ3) is 2.82. The minimum Gasteiger partial charge on any atom is -0.381 e. The van der Waals surface area contributed by atoms with E-state index in [1.807, 2.05) is 60.8 Å². The molecule has 1 aliphatic heterocycles. The van der Waals surface area contributed by atoms with E-state index in [4.69, 9.17) is 0 Å². The Hall–Kier alpha value is -3.27. The topological polar surface area (TPSA) is 56.9 Å². The molecule has 0 saturated heterocycles. The Kier molecular flexibility index (Phi) is 3.63. The Morgan fingerprint density at radius 2 is 1.88 bits per heavy atom. The molecule has 2 aromatic carbocycles. The molecular formula is C20H17N3O. The molecule has 118 valence electrons. The van der Waals surface area contributed by atoms with Gasteiger partial charge in [0.2, 0.25) is 0 Å². The highest BCUT2D eigenvalue weighted by Crippen LogP contribution is 2.35. The van der Waals surface area contributed by atoms with E-state index >= 15 is 0 Å². The lowest BCUT2D eigenvalue weighted by Gasteiger charge is -2.08. The summed E-state index contributed by atoms with van der Waals surface area (Å²) in [5.41, 5.74) is 5.57. The Morgan fingerprint density at radius 1 is 1.00 bits per heavy atom. The molecule has 0 fully saturated rings. The minimum atomic E-state index is -0.0696. The van der Waals surface area contributed by atoms with Crippen molar-refractivity contribution in [1.29, 1.82) is 0 Å². The van der Waals surface area contributed by atoms with Crippen LogP contribution in [0.3, 0.4) is 0 Å². The van der Waals surface area contributed by atoms with Crippen LogP contribution in [0.25, 0.3) is 11.6 Å². The fourth-order valence-electron chi connectivity index (χ4n) is 2.83. The number of nitrogens with one attached hydrogen (secondary N) is 3. The molecule has 0 saturated carbocycles. The van der Waals surface area contributed by atoms with Crippen molar-refractivity contribution in [3.63, 3.8) is 0 Å². The summed E-state index contributed by atoms with van der Waals surface area (Å²) >= 11 is 0. The molecule has 4 heteroatoms. The summed E-state index contributed by atoms with van der Waals surface area (Å²) in [6.45, 7) is 0.747. The Labute approximate surface area is 140 Å². The first-order valence-electron chi connectivity index (χ1n) is 7.88. The number of hydrogen-bond donors (Lipinski definition) is 3. The van der Waals surface area contributed by atoms with Crippen LogP contribution in [0.5, 0.6) is 0 Å². The quantitative estimate of drug-likeness (QED) is 0.634. The summed E-state index contributed by atoms with van der Waals surface area (Å²) in [5.74, 6) is -0.0696. The number of H-pyrrole nitrogens is 1. The van der Waals surface area contributed by atoms with E-state index in [0.29, 0.717) is 5.57 Å². The molecule has 1 aliphatic rings. The predicted octanol–water partition coefficient (Wildman–Crippen LogP) is 4.12. The molecule has 0 unspecified atom stereocenters. The first-order chi connectivity index (χ1) is 11.8. The number of carbonyl (C=O) groups is 1. The van der Waals surface area contributed by atoms with E-state index in [1.54, 1.807) is 0 Å². The maximum absolute atomic E-state index is 12.2. The van der Waals surface area contributed by atoms with Crippen LogP contribution in [0.4, 0.5) is 11.4 Å². The van der Waals surface area contributed by atoms with Crippen molar-refractivity contribution in [2.45, 2.75) is 6.54 Å². The SMILES string of the molecule is O=C1Nc2ccc(NCc3ccccc3)cc2C1=Cc1ccc[nH]1. The summed E-state index contributed by atoms with van der Waals surface area (Å²) in [5, 5.41) is 6.32. The largest absolute Gasteiger partial charge is 0.381 e. The average molecular weight is 315 g/mol. The highest BCUT2D eigenvalue weighted by Gasteiger charge is 2.24. The fourth-order valence-corrected chi connectivity index (χ4v) is 2.83. The smallest absolute Gasteiger partial charge is 0.256 e. The van der Waals surface area contributed by atoms with Crippen LogP contribution in [-0.2, 0) is 11.3 Å². The molecule has 1 amide bonds. The molecule has 0 atom stereocenters. The lowest BCUT2D eigenvalue weighted by molar-refractivity contribution is -0.110. The van der Waals surface area contributed by atoms with Gasteiger partial charge in [0.05, 0.1) is 5.57 Å². The summed E-state index contributed by atoms with van der Waals surface area (Å²) in [7, 11) is 0. The number of rotatable bonds is 4. The van der Waals surface area contributed by atoms with E-state index in [-0.39, 0.29) is 5.91 Å². The molecule has 3 N–H and O–H groups in total. The van der Waals surface area contributed by atoms with Crippen molar-refractivity contribution < 1.29 is 4.79 Å². The van der Waals surface area contributed by atoms with E-state index in [1.165, 1.54) is 5.56 Å². The van der Waals surface area contributed by atoms with Crippen LogP contribution in [0.1, 0.15) is 16.8 Å². The van der Waals surface area contributed by atoms with Gasteiger partial charge in [-0.15, -0.1) is 0 Å². The second-order valence-corrected chi connectivity index (χ2v) is 5.74. The molecular weight excluding hydrogens is 298 g/mol. The number of anilines is 2.